The van der Waals surface area contributed by atoms with E-state index in [1.54, 1.807) is 55.6 Å². The average Bonchev–Trinajstić information content (AvgIpc) is 2.79. The number of nitrogens with zero attached hydrogens (tertiary/aromatic N) is 1. The molecule has 11 heteroatoms. The number of methoxy groups -OCH3 is 1. The molecule has 0 aromatic heterocycles. The number of carboxylic acid groups (broad SMARTS) is 1. The van der Waals surface area contributed by atoms with Gasteiger partial charge < -0.3 is 30.1 Å². The SMILES string of the molecule is COc1cccc(Oc2ccc([C@H](CC(=O)O)NC(=O)NC3C(=O)C=CN(C)C3=O)cc2)c1.[NaH]. The molecule has 1 aliphatic heterocycles. The summed E-state index contributed by atoms with van der Waals surface area (Å²) in [6.45, 7) is 0. The molecule has 0 bridgehead atoms. The fraction of sp³-hybridized carbons (Fsp3) is 0.217. The molecule has 3 rings (SSSR count). The quantitative estimate of drug-likeness (QED) is 0.388. The number of ether oxygens (including phenoxy) is 2. The second-order valence-corrected chi connectivity index (χ2v) is 7.22. The van der Waals surface area contributed by atoms with E-state index in [0.717, 1.165) is 0 Å². The van der Waals surface area contributed by atoms with Gasteiger partial charge in [0.15, 0.2) is 11.8 Å². The third-order valence-electron chi connectivity index (χ3n) is 4.86. The predicted octanol–water partition coefficient (Wildman–Crippen LogP) is 1.58. The molecule has 0 fully saturated rings. The number of amides is 3. The van der Waals surface area contributed by atoms with E-state index in [1.807, 2.05) is 0 Å². The number of nitrogens with one attached hydrogen (secondary N) is 2. The van der Waals surface area contributed by atoms with Gasteiger partial charge in [0, 0.05) is 25.4 Å². The molecule has 10 nitrogen and oxygen atoms in total. The van der Waals surface area contributed by atoms with Crippen LogP contribution in [0.1, 0.15) is 18.0 Å². The van der Waals surface area contributed by atoms with Crippen LogP contribution >= 0.6 is 0 Å². The summed E-state index contributed by atoms with van der Waals surface area (Å²) in [5.74, 6) is -0.600. The number of urea groups is 1. The molecule has 2 atom stereocenters. The molecule has 3 amide bonds. The summed E-state index contributed by atoms with van der Waals surface area (Å²) in [5, 5.41) is 14.1. The summed E-state index contributed by atoms with van der Waals surface area (Å²) in [6.07, 6.45) is 2.08. The van der Waals surface area contributed by atoms with Gasteiger partial charge in [0.2, 0.25) is 0 Å². The molecular formula is C23H24N3NaO7. The van der Waals surface area contributed by atoms with Crippen molar-refractivity contribution in [3.8, 4) is 17.2 Å². The Morgan fingerprint density at radius 2 is 1.76 bits per heavy atom. The number of benzene rings is 2. The molecule has 0 radical (unpaired) electrons. The van der Waals surface area contributed by atoms with Gasteiger partial charge in [-0.05, 0) is 29.8 Å². The molecule has 3 N–H and O–H groups in total. The van der Waals surface area contributed by atoms with Gasteiger partial charge in [-0.1, -0.05) is 18.2 Å². The van der Waals surface area contributed by atoms with Gasteiger partial charge in [-0.25, -0.2) is 4.79 Å². The van der Waals surface area contributed by atoms with E-state index in [2.05, 4.69) is 10.6 Å². The second-order valence-electron chi connectivity index (χ2n) is 7.22. The third kappa shape index (κ3) is 7.08. The van der Waals surface area contributed by atoms with Gasteiger partial charge >= 0.3 is 41.6 Å². The molecule has 1 aliphatic rings. The number of aliphatic carboxylic acids is 1. The maximum atomic E-state index is 12.4. The Morgan fingerprint density at radius 3 is 2.41 bits per heavy atom. The van der Waals surface area contributed by atoms with Crippen molar-refractivity contribution in [2.45, 2.75) is 18.5 Å². The number of likely N-dealkylation sites (N-methyl/N-ethyl adjacent to an activating group) is 1. The van der Waals surface area contributed by atoms with Crippen LogP contribution in [0.4, 0.5) is 4.79 Å². The Morgan fingerprint density at radius 1 is 1.09 bits per heavy atom. The number of carbonyl (C=O) groups excluding carboxylic acids is 3. The van der Waals surface area contributed by atoms with Gasteiger partial charge in [-0.15, -0.1) is 0 Å². The van der Waals surface area contributed by atoms with Crippen molar-refractivity contribution in [3.63, 3.8) is 0 Å². The van der Waals surface area contributed by atoms with Crippen molar-refractivity contribution < 1.29 is 33.8 Å². The monoisotopic (exact) mass is 477 g/mol. The first-order chi connectivity index (χ1) is 15.8. The van der Waals surface area contributed by atoms with Crippen LogP contribution in [0.3, 0.4) is 0 Å². The number of ketones is 1. The van der Waals surface area contributed by atoms with Crippen molar-refractivity contribution in [2.75, 3.05) is 14.2 Å². The van der Waals surface area contributed by atoms with Gasteiger partial charge in [0.05, 0.1) is 19.6 Å². The Bertz CT molecular complexity index is 1090. The van der Waals surface area contributed by atoms with Crippen molar-refractivity contribution >= 4 is 53.2 Å². The first-order valence-corrected chi connectivity index (χ1v) is 9.96. The van der Waals surface area contributed by atoms with Crippen LogP contribution in [0.5, 0.6) is 17.2 Å². The molecule has 0 spiro atoms. The fourth-order valence-electron chi connectivity index (χ4n) is 3.14. The van der Waals surface area contributed by atoms with E-state index in [4.69, 9.17) is 9.47 Å². The minimum absolute atomic E-state index is 0. The molecule has 0 saturated carbocycles. The van der Waals surface area contributed by atoms with Crippen LogP contribution in [0.15, 0.2) is 60.8 Å². The van der Waals surface area contributed by atoms with Crippen molar-refractivity contribution in [1.29, 1.82) is 0 Å². The van der Waals surface area contributed by atoms with E-state index in [9.17, 15) is 24.3 Å². The van der Waals surface area contributed by atoms with Crippen LogP contribution in [0.25, 0.3) is 0 Å². The molecular weight excluding hydrogens is 453 g/mol. The molecule has 1 unspecified atom stereocenters. The zero-order chi connectivity index (χ0) is 24.0. The molecule has 0 saturated heterocycles. The second kappa shape index (κ2) is 12.2. The normalized spacial score (nSPS) is 15.7. The number of rotatable bonds is 8. The van der Waals surface area contributed by atoms with Crippen LogP contribution in [0.2, 0.25) is 0 Å². The zero-order valence-corrected chi connectivity index (χ0v) is 18.0. The standard InChI is InChI=1S/C23H23N3O7.Na.H/c1-26-11-10-19(27)21(22(26)30)25-23(31)24-18(13-20(28)29)14-6-8-15(9-7-14)33-17-5-3-4-16(12-17)32-2;;/h3-12,18,21H,13H2,1-2H3,(H,28,29)(H2,24,25,31);;/t18-,21?;;/m0../s1. The Labute approximate surface area is 218 Å². The Hall–Kier alpha value is -3.34. The Kier molecular flexibility index (Phi) is 9.67. The van der Waals surface area contributed by atoms with Gasteiger partial charge in [-0.3, -0.25) is 14.4 Å². The first kappa shape index (κ1) is 26.9. The van der Waals surface area contributed by atoms with Crippen LogP contribution in [-0.2, 0) is 14.4 Å². The summed E-state index contributed by atoms with van der Waals surface area (Å²) < 4.78 is 10.9. The van der Waals surface area contributed by atoms with Gasteiger partial charge in [-0.2, -0.15) is 0 Å². The van der Waals surface area contributed by atoms with Crippen molar-refractivity contribution in [2.24, 2.45) is 0 Å². The topological polar surface area (TPSA) is 134 Å². The number of carboxylic acids is 1. The average molecular weight is 477 g/mol. The van der Waals surface area contributed by atoms with Crippen molar-refractivity contribution in [3.05, 3.63) is 66.4 Å². The summed E-state index contributed by atoms with van der Waals surface area (Å²) >= 11 is 0. The molecule has 1 heterocycles. The van der Waals surface area contributed by atoms with E-state index >= 15 is 0 Å². The molecule has 174 valence electrons. The predicted molar refractivity (Wildman–Crippen MR) is 124 cm³/mol. The number of hydrogen-bond donors (Lipinski definition) is 3. The van der Waals surface area contributed by atoms with Gasteiger partial charge in [0.25, 0.3) is 5.91 Å². The number of hydrogen-bond acceptors (Lipinski definition) is 6. The minimum atomic E-state index is -1.37. The van der Waals surface area contributed by atoms with Crippen LogP contribution in [0, 0.1) is 0 Å². The number of carbonyl (C=O) groups is 4. The van der Waals surface area contributed by atoms with E-state index in [-0.39, 0.29) is 29.6 Å². The third-order valence-corrected chi connectivity index (χ3v) is 4.86. The summed E-state index contributed by atoms with van der Waals surface area (Å²) in [5.41, 5.74) is 0.504. The molecule has 2 aromatic carbocycles. The van der Waals surface area contributed by atoms with E-state index in [0.29, 0.717) is 22.8 Å². The van der Waals surface area contributed by atoms with Gasteiger partial charge in [0.1, 0.15) is 17.2 Å². The van der Waals surface area contributed by atoms with E-state index < -0.39 is 42.2 Å². The van der Waals surface area contributed by atoms with Crippen LogP contribution < -0.4 is 20.1 Å². The summed E-state index contributed by atoms with van der Waals surface area (Å²) in [7, 11) is 3.01. The Balaban J connectivity index is 0.00000408. The molecule has 2 aromatic rings. The maximum absolute atomic E-state index is 12.4. The first-order valence-electron chi connectivity index (χ1n) is 9.96. The fourth-order valence-corrected chi connectivity index (χ4v) is 3.14. The van der Waals surface area contributed by atoms with Crippen molar-refractivity contribution in [1.82, 2.24) is 15.5 Å². The summed E-state index contributed by atoms with van der Waals surface area (Å²) in [4.78, 5) is 49.0. The van der Waals surface area contributed by atoms with E-state index in [1.165, 1.54) is 24.2 Å². The zero-order valence-electron chi connectivity index (χ0n) is 18.0. The molecule has 34 heavy (non-hydrogen) atoms. The molecule has 0 aliphatic carbocycles. The van der Waals surface area contributed by atoms with Crippen LogP contribution in [-0.4, -0.2) is 83.5 Å². The summed E-state index contributed by atoms with van der Waals surface area (Å²) in [6, 6.07) is 10.4.